The van der Waals surface area contributed by atoms with E-state index in [1.54, 1.807) is 26.0 Å². The Hall–Kier alpha value is -4.43. The van der Waals surface area contributed by atoms with Gasteiger partial charge in [0.25, 0.3) is 0 Å². The second kappa shape index (κ2) is 15.1. The molecule has 3 aliphatic heterocycles. The van der Waals surface area contributed by atoms with Gasteiger partial charge in [-0.2, -0.15) is 22.5 Å². The first-order valence-electron chi connectivity index (χ1n) is 18.3. The van der Waals surface area contributed by atoms with Gasteiger partial charge in [-0.1, -0.05) is 6.07 Å². The molecule has 56 heavy (non-hydrogen) atoms. The quantitative estimate of drug-likeness (QED) is 0.242. The predicted molar refractivity (Wildman–Crippen MR) is 193 cm³/mol. The number of pyridine rings is 3. The molecule has 1 N–H and O–H groups in total. The van der Waals surface area contributed by atoms with Gasteiger partial charge in [0.05, 0.1) is 50.6 Å². The number of carboxylic acid groups (broad SMARTS) is 1. The molecule has 4 aromatic heterocycles. The summed E-state index contributed by atoms with van der Waals surface area (Å²) in [6.45, 7) is 10.7. The van der Waals surface area contributed by atoms with E-state index in [4.69, 9.17) is 23.9 Å². The molecule has 1 spiro atoms. The lowest BCUT2D eigenvalue weighted by atomic mass is 9.72. The number of hydrogen-bond donors (Lipinski definition) is 1. The van der Waals surface area contributed by atoms with Crippen LogP contribution in [0.5, 0.6) is 11.8 Å². The summed E-state index contributed by atoms with van der Waals surface area (Å²) in [7, 11) is -4.25. The number of ether oxygens (including phenoxy) is 4. The number of rotatable bonds is 10. The molecule has 7 rings (SSSR count). The number of fused-ring (bicyclic) bond motifs is 2. The standard InChI is InChI=1S/C37H44F3N7O8S/c1-23-5-6-26(30(35(3,4)34(48)49)25-9-12-47-31(24(25)2)43-44-33(47)37(38,39)40)41-27(23)21-46-22-36(10-16-52-17-11-36)55-32-28(56(46,50)51)7-8-29(42-32)54-20-15-45-13-18-53-19-14-45/h5-9,12,30H,10-11,13-22H2,1-4H3,(H,48,49). The van der Waals surface area contributed by atoms with Crippen LogP contribution in [-0.2, 0) is 37.0 Å². The highest BCUT2D eigenvalue weighted by molar-refractivity contribution is 7.89. The Morgan fingerprint density at radius 2 is 1.71 bits per heavy atom. The fourth-order valence-corrected chi connectivity index (χ4v) is 9.04. The largest absolute Gasteiger partial charge is 0.481 e. The first-order valence-corrected chi connectivity index (χ1v) is 19.8. The van der Waals surface area contributed by atoms with Gasteiger partial charge in [0.2, 0.25) is 27.6 Å². The van der Waals surface area contributed by atoms with Crippen molar-refractivity contribution in [1.82, 2.24) is 33.8 Å². The van der Waals surface area contributed by atoms with Crippen molar-refractivity contribution in [3.05, 3.63) is 70.4 Å². The summed E-state index contributed by atoms with van der Waals surface area (Å²) < 4.78 is 95.8. The maximum Gasteiger partial charge on any atom is 0.452 e. The SMILES string of the molecule is Cc1ccc(C(c2ccn3c(C(F)(F)F)nnc3c2C)C(C)(C)C(=O)O)nc1CN1CC2(CCOCC2)Oc2nc(OCCN3CCOCC3)ccc2S1(=O)=O. The summed E-state index contributed by atoms with van der Waals surface area (Å²) in [6, 6.07) is 7.75. The van der Waals surface area contributed by atoms with Crippen LogP contribution in [0.3, 0.4) is 0 Å². The Balaban J connectivity index is 1.24. The minimum Gasteiger partial charge on any atom is -0.481 e. The fourth-order valence-electron chi connectivity index (χ4n) is 7.51. The molecule has 0 saturated carbocycles. The molecule has 0 aliphatic carbocycles. The van der Waals surface area contributed by atoms with Gasteiger partial charge in [-0.05, 0) is 62.6 Å². The molecule has 0 bridgehead atoms. The zero-order valence-corrected chi connectivity index (χ0v) is 32.3. The van der Waals surface area contributed by atoms with Crippen molar-refractivity contribution in [3.63, 3.8) is 0 Å². The molecule has 302 valence electrons. The Morgan fingerprint density at radius 3 is 2.41 bits per heavy atom. The summed E-state index contributed by atoms with van der Waals surface area (Å²) in [5.74, 6) is -3.21. The van der Waals surface area contributed by atoms with Crippen molar-refractivity contribution in [2.45, 2.75) is 69.7 Å². The van der Waals surface area contributed by atoms with Crippen LogP contribution in [0.25, 0.3) is 5.65 Å². The number of nitrogens with zero attached hydrogens (tertiary/aromatic N) is 7. The van der Waals surface area contributed by atoms with E-state index in [0.29, 0.717) is 74.8 Å². The third-order valence-corrected chi connectivity index (χ3v) is 12.7. The molecule has 0 aromatic carbocycles. The number of sulfonamides is 1. The lowest BCUT2D eigenvalue weighted by molar-refractivity contribution is -0.147. The Kier molecular flexibility index (Phi) is 10.8. The summed E-state index contributed by atoms with van der Waals surface area (Å²) in [5, 5.41) is 17.6. The minimum atomic E-state index is -4.77. The van der Waals surface area contributed by atoms with E-state index in [1.807, 2.05) is 0 Å². The van der Waals surface area contributed by atoms with Gasteiger partial charge in [-0.15, -0.1) is 10.2 Å². The van der Waals surface area contributed by atoms with Crippen LogP contribution in [-0.4, -0.2) is 118 Å². The molecule has 2 fully saturated rings. The molecular weight excluding hydrogens is 760 g/mol. The van der Waals surface area contributed by atoms with Crippen molar-refractivity contribution >= 4 is 21.6 Å². The highest BCUT2D eigenvalue weighted by Gasteiger charge is 2.47. The van der Waals surface area contributed by atoms with E-state index in [2.05, 4.69) is 20.1 Å². The second-order valence-corrected chi connectivity index (χ2v) is 16.9. The van der Waals surface area contributed by atoms with E-state index in [9.17, 15) is 31.5 Å². The number of aliphatic carboxylic acids is 1. The third-order valence-electron chi connectivity index (χ3n) is 10.9. The van der Waals surface area contributed by atoms with Gasteiger partial charge in [0.1, 0.15) is 17.1 Å². The van der Waals surface area contributed by atoms with Gasteiger partial charge in [0, 0.05) is 56.4 Å². The molecule has 19 heteroatoms. The van der Waals surface area contributed by atoms with Crippen molar-refractivity contribution in [2.24, 2.45) is 5.41 Å². The number of hydrogen-bond acceptors (Lipinski definition) is 12. The fraction of sp³-hybridized carbons (Fsp3) is 0.541. The maximum absolute atomic E-state index is 14.5. The molecule has 15 nitrogen and oxygen atoms in total. The van der Waals surface area contributed by atoms with E-state index >= 15 is 0 Å². The minimum absolute atomic E-state index is 0.0398. The average Bonchev–Trinajstić information content (AvgIpc) is 3.58. The number of morpholine rings is 1. The van der Waals surface area contributed by atoms with E-state index in [-0.39, 0.29) is 41.1 Å². The van der Waals surface area contributed by atoms with Gasteiger partial charge in [-0.3, -0.25) is 19.1 Å². The summed E-state index contributed by atoms with van der Waals surface area (Å²) >= 11 is 0. The number of carbonyl (C=O) groups is 1. The maximum atomic E-state index is 14.5. The normalized spacial score (nSPS) is 19.6. The molecule has 0 amide bonds. The molecule has 4 aromatic rings. The van der Waals surface area contributed by atoms with Crippen LogP contribution in [0.4, 0.5) is 13.2 Å². The van der Waals surface area contributed by atoms with Crippen molar-refractivity contribution in [2.75, 3.05) is 59.2 Å². The molecular formula is C37H44F3N7O8S. The van der Waals surface area contributed by atoms with Crippen LogP contribution in [0.1, 0.15) is 66.5 Å². The molecule has 1 unspecified atom stereocenters. The lowest BCUT2D eigenvalue weighted by Crippen LogP contribution is -2.50. The first-order chi connectivity index (χ1) is 26.5. The zero-order valence-electron chi connectivity index (χ0n) is 31.5. The Labute approximate surface area is 321 Å². The van der Waals surface area contributed by atoms with Gasteiger partial charge in [-0.25, -0.2) is 8.42 Å². The summed E-state index contributed by atoms with van der Waals surface area (Å²) in [5.41, 5.74) is -0.626. The van der Waals surface area contributed by atoms with Crippen LogP contribution in [0, 0.1) is 19.3 Å². The highest BCUT2D eigenvalue weighted by Crippen LogP contribution is 2.44. The topological polar surface area (TPSA) is 171 Å². The third kappa shape index (κ3) is 7.66. The zero-order chi connectivity index (χ0) is 40.0. The Morgan fingerprint density at radius 1 is 1.00 bits per heavy atom. The van der Waals surface area contributed by atoms with Crippen LogP contribution < -0.4 is 9.47 Å². The van der Waals surface area contributed by atoms with Crippen molar-refractivity contribution in [3.8, 4) is 11.8 Å². The molecule has 7 heterocycles. The first kappa shape index (κ1) is 39.8. The smallest absolute Gasteiger partial charge is 0.452 e. The number of halogens is 3. The van der Waals surface area contributed by atoms with Crippen LogP contribution >= 0.6 is 0 Å². The summed E-state index contributed by atoms with van der Waals surface area (Å²) in [4.78, 5) is 24.4. The van der Waals surface area contributed by atoms with E-state index in [0.717, 1.165) is 17.5 Å². The monoisotopic (exact) mass is 803 g/mol. The molecule has 1 atom stereocenters. The van der Waals surface area contributed by atoms with Gasteiger partial charge >= 0.3 is 12.1 Å². The number of aryl methyl sites for hydroxylation is 2. The van der Waals surface area contributed by atoms with E-state index < -0.39 is 44.9 Å². The number of aromatic nitrogens is 5. The van der Waals surface area contributed by atoms with Crippen LogP contribution in [0.2, 0.25) is 0 Å². The predicted octanol–water partition coefficient (Wildman–Crippen LogP) is 4.24. The van der Waals surface area contributed by atoms with Gasteiger partial charge < -0.3 is 24.1 Å². The van der Waals surface area contributed by atoms with Gasteiger partial charge in [0.15, 0.2) is 5.65 Å². The molecule has 3 aliphatic rings. The molecule has 0 radical (unpaired) electrons. The average molecular weight is 804 g/mol. The number of carboxylic acids is 1. The number of alkyl halides is 3. The van der Waals surface area contributed by atoms with Crippen molar-refractivity contribution in [1.29, 1.82) is 0 Å². The Bertz CT molecular complexity index is 2220. The second-order valence-electron chi connectivity index (χ2n) is 15.0. The highest BCUT2D eigenvalue weighted by atomic mass is 32.2. The summed E-state index contributed by atoms with van der Waals surface area (Å²) in [6.07, 6.45) is -2.81. The van der Waals surface area contributed by atoms with Crippen LogP contribution in [0.15, 0.2) is 41.4 Å². The lowest BCUT2D eigenvalue weighted by Gasteiger charge is -2.38. The van der Waals surface area contributed by atoms with Crippen molar-refractivity contribution < 1.29 is 50.4 Å². The van der Waals surface area contributed by atoms with E-state index in [1.165, 1.54) is 42.5 Å². The molecule has 2 saturated heterocycles.